The summed E-state index contributed by atoms with van der Waals surface area (Å²) in [6, 6.07) is 9.51. The number of piperidine rings is 1. The third-order valence-corrected chi connectivity index (χ3v) is 4.90. The van der Waals surface area contributed by atoms with E-state index in [4.69, 9.17) is 4.74 Å². The Labute approximate surface area is 170 Å². The van der Waals surface area contributed by atoms with Crippen LogP contribution in [-0.4, -0.2) is 52.8 Å². The van der Waals surface area contributed by atoms with E-state index in [0.29, 0.717) is 38.4 Å². The van der Waals surface area contributed by atoms with E-state index in [2.05, 4.69) is 26.9 Å². The highest BCUT2D eigenvalue weighted by atomic mass is 16.6. The molecule has 0 unspecified atom stereocenters. The molecule has 2 aromatic rings. The molecule has 1 aliphatic heterocycles. The van der Waals surface area contributed by atoms with Gasteiger partial charge < -0.3 is 20.3 Å². The van der Waals surface area contributed by atoms with E-state index in [1.165, 1.54) is 5.56 Å². The minimum absolute atomic E-state index is 0.00276. The normalized spacial score (nSPS) is 14.4. The molecule has 1 aromatic heterocycles. The number of hydrogen-bond donors (Lipinski definition) is 2. The van der Waals surface area contributed by atoms with Crippen LogP contribution >= 0.6 is 0 Å². The summed E-state index contributed by atoms with van der Waals surface area (Å²) in [5, 5.41) is 14.4. The van der Waals surface area contributed by atoms with Crippen LogP contribution in [0.2, 0.25) is 0 Å². The second kappa shape index (κ2) is 9.36. The zero-order valence-corrected chi connectivity index (χ0v) is 17.1. The number of carbonyl (C=O) groups is 2. The number of amides is 2. The van der Waals surface area contributed by atoms with Crippen LogP contribution < -0.4 is 10.6 Å². The average molecular weight is 397 g/mol. The number of hydrogen-bond acceptors (Lipinski definition) is 6. The Morgan fingerprint density at radius 3 is 2.52 bits per heavy atom. The van der Waals surface area contributed by atoms with Crippen molar-refractivity contribution in [3.8, 4) is 0 Å². The molecule has 8 heteroatoms. The quantitative estimate of drug-likeness (QED) is 0.804. The van der Waals surface area contributed by atoms with Crippen LogP contribution in [0.5, 0.6) is 0 Å². The number of benzene rings is 1. The molecule has 1 fully saturated rings. The number of ether oxygens (including phenoxy) is 1. The minimum atomic E-state index is -0.296. The molecule has 154 valence electrons. The first-order valence-corrected chi connectivity index (χ1v) is 9.87. The van der Waals surface area contributed by atoms with Gasteiger partial charge in [0.2, 0.25) is 0 Å². The second-order valence-corrected chi connectivity index (χ2v) is 7.18. The highest BCUT2D eigenvalue weighted by Crippen LogP contribution is 2.20. The lowest BCUT2D eigenvalue weighted by atomic mass is 10.1. The largest absolute Gasteiger partial charge is 0.450 e. The van der Waals surface area contributed by atoms with Crippen LogP contribution in [0.25, 0.3) is 0 Å². The predicted octanol–water partition coefficient (Wildman–Crippen LogP) is 3.19. The van der Waals surface area contributed by atoms with Crippen LogP contribution in [0, 0.1) is 13.8 Å². The zero-order valence-electron chi connectivity index (χ0n) is 17.1. The third-order valence-electron chi connectivity index (χ3n) is 4.90. The van der Waals surface area contributed by atoms with E-state index in [9.17, 15) is 9.59 Å². The number of carbonyl (C=O) groups excluding carboxylic acids is 2. The smallest absolute Gasteiger partial charge is 0.409 e. The maximum Gasteiger partial charge on any atom is 0.409 e. The first-order chi connectivity index (χ1) is 14.0. The van der Waals surface area contributed by atoms with Crippen LogP contribution in [0.15, 0.2) is 30.3 Å². The fourth-order valence-electron chi connectivity index (χ4n) is 3.29. The van der Waals surface area contributed by atoms with Crippen molar-refractivity contribution in [2.24, 2.45) is 0 Å². The van der Waals surface area contributed by atoms with Gasteiger partial charge in [0.25, 0.3) is 5.91 Å². The molecule has 8 nitrogen and oxygen atoms in total. The Kier molecular flexibility index (Phi) is 6.64. The molecule has 0 radical (unpaired) electrons. The highest BCUT2D eigenvalue weighted by Gasteiger charge is 2.25. The molecular formula is C21H27N5O3. The molecular weight excluding hydrogens is 370 g/mol. The fraction of sp³-hybridized carbons (Fsp3) is 0.429. The zero-order chi connectivity index (χ0) is 20.8. The standard InChI is InChI=1S/C21H27N5O3/c1-4-29-21(28)26-11-9-16(10-12-26)22-20(27)18-7-8-19(25-24-18)23-17-6-5-14(2)13-15(17)3/h5-8,13,16H,4,9-12H2,1-3H3,(H,22,27)(H,23,25). The van der Waals surface area contributed by atoms with Gasteiger partial charge >= 0.3 is 6.09 Å². The predicted molar refractivity (Wildman–Crippen MR) is 110 cm³/mol. The van der Waals surface area contributed by atoms with Gasteiger partial charge in [-0.2, -0.15) is 0 Å². The highest BCUT2D eigenvalue weighted by molar-refractivity contribution is 5.92. The van der Waals surface area contributed by atoms with Gasteiger partial charge in [-0.15, -0.1) is 10.2 Å². The summed E-state index contributed by atoms with van der Waals surface area (Å²) < 4.78 is 5.01. The lowest BCUT2D eigenvalue weighted by Crippen LogP contribution is -2.46. The molecule has 2 N–H and O–H groups in total. The van der Waals surface area contributed by atoms with Gasteiger partial charge in [-0.3, -0.25) is 4.79 Å². The number of rotatable bonds is 5. The third kappa shape index (κ3) is 5.43. The lowest BCUT2D eigenvalue weighted by Gasteiger charge is -2.31. The van der Waals surface area contributed by atoms with Crippen molar-refractivity contribution in [3.63, 3.8) is 0 Å². The number of likely N-dealkylation sites (tertiary alicyclic amines) is 1. The molecule has 0 bridgehead atoms. The van der Waals surface area contributed by atoms with Crippen LogP contribution in [0.3, 0.4) is 0 Å². The summed E-state index contributed by atoms with van der Waals surface area (Å²) in [4.78, 5) is 25.9. The van der Waals surface area contributed by atoms with Crippen molar-refractivity contribution in [1.82, 2.24) is 20.4 Å². The maximum absolute atomic E-state index is 12.5. The van der Waals surface area contributed by atoms with Gasteiger partial charge in [0, 0.05) is 24.8 Å². The van der Waals surface area contributed by atoms with Gasteiger partial charge in [0.05, 0.1) is 6.61 Å². The first kappa shape index (κ1) is 20.6. The van der Waals surface area contributed by atoms with Crippen molar-refractivity contribution < 1.29 is 14.3 Å². The summed E-state index contributed by atoms with van der Waals surface area (Å²) in [7, 11) is 0. The topological polar surface area (TPSA) is 96.5 Å². The van der Waals surface area contributed by atoms with E-state index in [-0.39, 0.29) is 23.7 Å². The summed E-state index contributed by atoms with van der Waals surface area (Å²) in [5.74, 6) is 0.321. The first-order valence-electron chi connectivity index (χ1n) is 9.87. The Morgan fingerprint density at radius 2 is 1.90 bits per heavy atom. The summed E-state index contributed by atoms with van der Waals surface area (Å²) in [6.07, 6.45) is 1.07. The summed E-state index contributed by atoms with van der Waals surface area (Å²) in [5.41, 5.74) is 3.53. The molecule has 0 saturated carbocycles. The number of aryl methyl sites for hydroxylation is 2. The number of nitrogens with zero attached hydrogens (tertiary/aromatic N) is 3. The molecule has 29 heavy (non-hydrogen) atoms. The number of nitrogens with one attached hydrogen (secondary N) is 2. The van der Waals surface area contributed by atoms with Gasteiger partial charge in [0.15, 0.2) is 11.5 Å². The van der Waals surface area contributed by atoms with Gasteiger partial charge in [-0.05, 0) is 57.4 Å². The maximum atomic E-state index is 12.5. The van der Waals surface area contributed by atoms with Crippen molar-refractivity contribution in [3.05, 3.63) is 47.2 Å². The molecule has 1 aromatic carbocycles. The molecule has 1 aliphatic rings. The number of anilines is 2. The van der Waals surface area contributed by atoms with E-state index < -0.39 is 0 Å². The second-order valence-electron chi connectivity index (χ2n) is 7.18. The molecule has 2 heterocycles. The van der Waals surface area contributed by atoms with Crippen LogP contribution in [0.1, 0.15) is 41.4 Å². The van der Waals surface area contributed by atoms with Gasteiger partial charge in [0.1, 0.15) is 0 Å². The van der Waals surface area contributed by atoms with Crippen LogP contribution in [-0.2, 0) is 4.74 Å². The molecule has 1 saturated heterocycles. The SMILES string of the molecule is CCOC(=O)N1CCC(NC(=O)c2ccc(Nc3ccc(C)cc3C)nn2)CC1. The Balaban J connectivity index is 1.52. The van der Waals surface area contributed by atoms with E-state index in [0.717, 1.165) is 11.3 Å². The average Bonchev–Trinajstić information content (AvgIpc) is 2.71. The fourth-order valence-corrected chi connectivity index (χ4v) is 3.29. The molecule has 0 spiro atoms. The number of aromatic nitrogens is 2. The van der Waals surface area contributed by atoms with Crippen molar-refractivity contribution in [2.75, 3.05) is 25.0 Å². The monoisotopic (exact) mass is 397 g/mol. The van der Waals surface area contributed by atoms with Crippen molar-refractivity contribution >= 4 is 23.5 Å². The lowest BCUT2D eigenvalue weighted by molar-refractivity contribution is 0.0856. The molecule has 3 rings (SSSR count). The molecule has 2 amide bonds. The van der Waals surface area contributed by atoms with Crippen LogP contribution in [0.4, 0.5) is 16.3 Å². The van der Waals surface area contributed by atoms with E-state index >= 15 is 0 Å². The van der Waals surface area contributed by atoms with Gasteiger partial charge in [-0.25, -0.2) is 4.79 Å². The molecule has 0 atom stereocenters. The summed E-state index contributed by atoms with van der Waals surface area (Å²) in [6.45, 7) is 7.35. The van der Waals surface area contributed by atoms with Crippen molar-refractivity contribution in [1.29, 1.82) is 0 Å². The van der Waals surface area contributed by atoms with Gasteiger partial charge in [-0.1, -0.05) is 17.7 Å². The Bertz CT molecular complexity index is 861. The molecule has 0 aliphatic carbocycles. The Hall–Kier alpha value is -3.16. The Morgan fingerprint density at radius 1 is 1.14 bits per heavy atom. The van der Waals surface area contributed by atoms with Crippen molar-refractivity contribution in [2.45, 2.75) is 39.7 Å². The summed E-state index contributed by atoms with van der Waals surface area (Å²) >= 11 is 0. The minimum Gasteiger partial charge on any atom is -0.450 e. The van der Waals surface area contributed by atoms with E-state index in [1.807, 2.05) is 26.0 Å². The van der Waals surface area contributed by atoms with E-state index in [1.54, 1.807) is 24.0 Å².